The molecule has 4 fully saturated rings. The van der Waals surface area contributed by atoms with E-state index in [1.54, 1.807) is 0 Å². The quantitative estimate of drug-likeness (QED) is 0.663. The van der Waals surface area contributed by atoms with Gasteiger partial charge in [0.1, 0.15) is 6.04 Å². The number of nitrogens with zero attached hydrogens (tertiary/aromatic N) is 1. The van der Waals surface area contributed by atoms with Crippen molar-refractivity contribution in [2.24, 2.45) is 11.3 Å². The summed E-state index contributed by atoms with van der Waals surface area (Å²) in [5.74, 6) is -3.35. The van der Waals surface area contributed by atoms with Gasteiger partial charge < -0.3 is 4.90 Å². The first-order valence-corrected chi connectivity index (χ1v) is 13.1. The van der Waals surface area contributed by atoms with Crippen LogP contribution in [0, 0.1) is 11.3 Å². The van der Waals surface area contributed by atoms with Crippen LogP contribution in [0.25, 0.3) is 11.1 Å². The molecule has 2 aromatic carbocycles. The molecule has 0 spiro atoms. The van der Waals surface area contributed by atoms with Crippen LogP contribution in [-0.4, -0.2) is 49.5 Å². The summed E-state index contributed by atoms with van der Waals surface area (Å²) in [5.41, 5.74) is 2.22. The molecular formula is C25H28F2N2O3S. The monoisotopic (exact) mass is 474 g/mol. The third kappa shape index (κ3) is 3.97. The van der Waals surface area contributed by atoms with Gasteiger partial charge in [0.15, 0.2) is 0 Å². The lowest BCUT2D eigenvalue weighted by Gasteiger charge is -2.61. The van der Waals surface area contributed by atoms with Gasteiger partial charge in [-0.25, -0.2) is 21.9 Å². The minimum absolute atomic E-state index is 0.151. The highest BCUT2D eigenvalue weighted by Crippen LogP contribution is 2.65. The molecule has 1 saturated heterocycles. The Kier molecular flexibility index (Phi) is 5.36. The zero-order chi connectivity index (χ0) is 23.4. The Morgan fingerprint density at radius 3 is 2.33 bits per heavy atom. The van der Waals surface area contributed by atoms with Crippen LogP contribution < -0.4 is 4.72 Å². The maximum absolute atomic E-state index is 15.2. The Morgan fingerprint density at radius 1 is 1.06 bits per heavy atom. The minimum atomic E-state index is -3.88. The van der Waals surface area contributed by atoms with Crippen LogP contribution in [0.4, 0.5) is 8.78 Å². The number of halogens is 2. The highest BCUT2D eigenvalue weighted by atomic mass is 32.2. The SMILES string of the molecule is CCS(=O)(=O)N[C@@H]1[C@H](Cc2cccc(-c3ccccc3)c2)N(C(=O)C23CC(C2)C3)CC1(F)F. The molecular weight excluding hydrogens is 446 g/mol. The predicted molar refractivity (Wildman–Crippen MR) is 122 cm³/mol. The molecule has 2 aromatic rings. The first-order chi connectivity index (χ1) is 15.6. The number of carbonyl (C=O) groups is 1. The van der Waals surface area contributed by atoms with Crippen LogP contribution in [0.1, 0.15) is 31.7 Å². The van der Waals surface area contributed by atoms with Gasteiger partial charge in [0.05, 0.1) is 23.8 Å². The fraction of sp³-hybridized carbons (Fsp3) is 0.480. The van der Waals surface area contributed by atoms with E-state index in [-0.39, 0.29) is 18.1 Å². The summed E-state index contributed by atoms with van der Waals surface area (Å²) in [4.78, 5) is 14.6. The van der Waals surface area contributed by atoms with Gasteiger partial charge in [0, 0.05) is 0 Å². The smallest absolute Gasteiger partial charge is 0.283 e. The summed E-state index contributed by atoms with van der Waals surface area (Å²) < 4.78 is 57.2. The predicted octanol–water partition coefficient (Wildman–Crippen LogP) is 3.85. The third-order valence-electron chi connectivity index (χ3n) is 7.54. The average molecular weight is 475 g/mol. The number of sulfonamides is 1. The minimum Gasteiger partial charge on any atom is -0.331 e. The normalized spacial score (nSPS) is 29.9. The molecule has 0 unspecified atom stereocenters. The van der Waals surface area contributed by atoms with Gasteiger partial charge in [0.2, 0.25) is 15.9 Å². The van der Waals surface area contributed by atoms with E-state index < -0.39 is 40.0 Å². The summed E-state index contributed by atoms with van der Waals surface area (Å²) in [6.45, 7) is 0.663. The maximum Gasteiger partial charge on any atom is 0.283 e. The first-order valence-electron chi connectivity index (χ1n) is 11.5. The topological polar surface area (TPSA) is 66.5 Å². The van der Waals surface area contributed by atoms with E-state index in [2.05, 4.69) is 4.72 Å². The third-order valence-corrected chi connectivity index (χ3v) is 8.91. The number of likely N-dealkylation sites (tertiary alicyclic amines) is 1. The molecule has 2 bridgehead atoms. The highest BCUT2D eigenvalue weighted by molar-refractivity contribution is 7.89. The van der Waals surface area contributed by atoms with Crippen molar-refractivity contribution in [3.8, 4) is 11.1 Å². The molecule has 0 radical (unpaired) electrons. The second-order valence-electron chi connectivity index (χ2n) is 9.79. The van der Waals surface area contributed by atoms with Gasteiger partial charge >= 0.3 is 0 Å². The van der Waals surface area contributed by atoms with Gasteiger partial charge in [-0.1, -0.05) is 54.6 Å². The first kappa shape index (κ1) is 22.5. The van der Waals surface area contributed by atoms with Crippen molar-refractivity contribution in [1.82, 2.24) is 9.62 Å². The summed E-state index contributed by atoms with van der Waals surface area (Å²) in [6.07, 6.45) is 2.43. The Labute approximate surface area is 193 Å². The number of carbonyl (C=O) groups excluding carboxylic acids is 1. The van der Waals surface area contributed by atoms with E-state index in [1.165, 1.54) is 11.8 Å². The highest BCUT2D eigenvalue weighted by Gasteiger charge is 2.66. The largest absolute Gasteiger partial charge is 0.331 e. The van der Waals surface area contributed by atoms with E-state index >= 15 is 8.78 Å². The molecule has 176 valence electrons. The molecule has 33 heavy (non-hydrogen) atoms. The van der Waals surface area contributed by atoms with E-state index in [4.69, 9.17) is 0 Å². The van der Waals surface area contributed by atoms with Crippen LogP contribution in [0.3, 0.4) is 0 Å². The molecule has 1 N–H and O–H groups in total. The fourth-order valence-electron chi connectivity index (χ4n) is 5.59. The summed E-state index contributed by atoms with van der Waals surface area (Å²) in [5, 5.41) is 0. The molecule has 0 aromatic heterocycles. The number of alkyl halides is 2. The van der Waals surface area contributed by atoms with Crippen molar-refractivity contribution < 1.29 is 22.0 Å². The van der Waals surface area contributed by atoms with E-state index in [0.29, 0.717) is 5.92 Å². The Morgan fingerprint density at radius 2 is 1.73 bits per heavy atom. The van der Waals surface area contributed by atoms with Crippen molar-refractivity contribution >= 4 is 15.9 Å². The lowest BCUT2D eigenvalue weighted by Crippen LogP contribution is -2.62. The number of nitrogens with one attached hydrogen (secondary N) is 1. The van der Waals surface area contributed by atoms with E-state index in [1.807, 2.05) is 54.6 Å². The molecule has 3 aliphatic carbocycles. The molecule has 8 heteroatoms. The molecule has 1 aliphatic heterocycles. The standard InChI is InChI=1S/C25H28F2N2O3S/c1-2-33(31,32)28-22-21(12-17-7-6-10-20(11-17)19-8-4-3-5-9-19)29(16-25(22,26)27)23(30)24-13-18(14-24)15-24/h3-11,18,21-22,28H,2,12-16H2,1H3/t18?,21-,22+,24?/m0/s1. The van der Waals surface area contributed by atoms with Crippen molar-refractivity contribution in [1.29, 1.82) is 0 Å². The molecule has 5 nitrogen and oxygen atoms in total. The van der Waals surface area contributed by atoms with E-state index in [0.717, 1.165) is 36.0 Å². The van der Waals surface area contributed by atoms with Crippen LogP contribution in [-0.2, 0) is 21.2 Å². The zero-order valence-corrected chi connectivity index (χ0v) is 19.3. The van der Waals surface area contributed by atoms with E-state index in [9.17, 15) is 13.2 Å². The van der Waals surface area contributed by atoms with Crippen molar-refractivity contribution in [2.45, 2.75) is 50.6 Å². The second kappa shape index (κ2) is 7.87. The Bertz CT molecular complexity index is 1150. The van der Waals surface area contributed by atoms with Crippen LogP contribution in [0.15, 0.2) is 54.6 Å². The molecule has 6 rings (SSSR count). The molecule has 3 saturated carbocycles. The van der Waals surface area contributed by atoms with Gasteiger partial charge in [0.25, 0.3) is 5.92 Å². The fourth-order valence-corrected chi connectivity index (χ4v) is 6.47. The molecule has 4 aliphatic rings. The molecule has 1 heterocycles. The second-order valence-corrected chi connectivity index (χ2v) is 11.8. The molecule has 1 amide bonds. The lowest BCUT2D eigenvalue weighted by molar-refractivity contribution is -0.178. The lowest BCUT2D eigenvalue weighted by atomic mass is 9.44. The number of benzene rings is 2. The van der Waals surface area contributed by atoms with Crippen molar-refractivity contribution in [3.05, 3.63) is 60.2 Å². The number of amides is 1. The van der Waals surface area contributed by atoms with Crippen LogP contribution in [0.2, 0.25) is 0 Å². The summed E-state index contributed by atoms with van der Waals surface area (Å²) in [7, 11) is -3.88. The molecule has 2 atom stereocenters. The summed E-state index contributed by atoms with van der Waals surface area (Å²) in [6, 6.07) is 14.7. The number of hydrogen-bond acceptors (Lipinski definition) is 3. The summed E-state index contributed by atoms with van der Waals surface area (Å²) >= 11 is 0. The maximum atomic E-state index is 15.2. The van der Waals surface area contributed by atoms with Crippen molar-refractivity contribution in [3.63, 3.8) is 0 Å². The van der Waals surface area contributed by atoms with Gasteiger partial charge in [-0.3, -0.25) is 4.79 Å². The Hall–Kier alpha value is -2.32. The van der Waals surface area contributed by atoms with Gasteiger partial charge in [-0.2, -0.15) is 0 Å². The number of rotatable bonds is 7. The van der Waals surface area contributed by atoms with Gasteiger partial charge in [-0.05, 0) is 55.2 Å². The Balaban J connectivity index is 1.48. The average Bonchev–Trinajstić information content (AvgIpc) is 2.96. The van der Waals surface area contributed by atoms with Crippen LogP contribution >= 0.6 is 0 Å². The zero-order valence-electron chi connectivity index (χ0n) is 18.5. The number of hydrogen-bond donors (Lipinski definition) is 1. The van der Waals surface area contributed by atoms with Crippen LogP contribution in [0.5, 0.6) is 0 Å². The van der Waals surface area contributed by atoms with Crippen molar-refractivity contribution in [2.75, 3.05) is 12.3 Å². The van der Waals surface area contributed by atoms with Gasteiger partial charge in [-0.15, -0.1) is 0 Å².